The molecule has 1 unspecified atom stereocenters. The number of nitrogens with one attached hydrogen (secondary N) is 2. The summed E-state index contributed by atoms with van der Waals surface area (Å²) in [5.74, 6) is 0.799. The highest BCUT2D eigenvalue weighted by atomic mass is 16.5. The Morgan fingerprint density at radius 3 is 2.70 bits per heavy atom. The van der Waals surface area contributed by atoms with Crippen molar-refractivity contribution in [3.8, 4) is 5.75 Å². The minimum atomic E-state index is -0.279. The molecule has 0 radical (unpaired) electrons. The summed E-state index contributed by atoms with van der Waals surface area (Å²) in [6.45, 7) is 7.30. The summed E-state index contributed by atoms with van der Waals surface area (Å²) in [5.41, 5.74) is 0.852. The molecule has 0 aromatic heterocycles. The van der Waals surface area contributed by atoms with E-state index < -0.39 is 0 Å². The summed E-state index contributed by atoms with van der Waals surface area (Å²) in [4.78, 5) is 12.0. The molecule has 0 bridgehead atoms. The molecule has 2 N–H and O–H groups in total. The van der Waals surface area contributed by atoms with Gasteiger partial charge in [-0.15, -0.1) is 0 Å². The fraction of sp³-hybridized carbons (Fsp3) is 0.562. The molecule has 0 saturated heterocycles. The van der Waals surface area contributed by atoms with Crippen LogP contribution >= 0.6 is 0 Å². The molecule has 1 rings (SSSR count). The minimum Gasteiger partial charge on any atom is -0.492 e. The second kappa shape index (κ2) is 9.23. The van der Waals surface area contributed by atoms with Gasteiger partial charge in [0.15, 0.2) is 0 Å². The largest absolute Gasteiger partial charge is 0.492 e. The highest BCUT2D eigenvalue weighted by Gasteiger charge is 2.13. The monoisotopic (exact) mass is 278 g/mol. The van der Waals surface area contributed by atoms with E-state index in [1.54, 1.807) is 0 Å². The van der Waals surface area contributed by atoms with Gasteiger partial charge in [-0.1, -0.05) is 31.9 Å². The lowest BCUT2D eigenvalue weighted by atomic mass is 10.2. The van der Waals surface area contributed by atoms with Crippen molar-refractivity contribution < 1.29 is 9.53 Å². The van der Waals surface area contributed by atoms with Crippen molar-refractivity contribution in [2.75, 3.05) is 18.5 Å². The molecule has 0 aliphatic heterocycles. The Kier molecular flexibility index (Phi) is 7.55. The van der Waals surface area contributed by atoms with Crippen LogP contribution in [0.5, 0.6) is 5.75 Å². The highest BCUT2D eigenvalue weighted by Crippen LogP contribution is 2.24. The average molecular weight is 278 g/mol. The van der Waals surface area contributed by atoms with Crippen molar-refractivity contribution >= 4 is 11.6 Å². The third-order valence-electron chi connectivity index (χ3n) is 3.03. The van der Waals surface area contributed by atoms with Gasteiger partial charge in [-0.3, -0.25) is 4.79 Å². The van der Waals surface area contributed by atoms with Crippen LogP contribution in [0, 0.1) is 0 Å². The van der Waals surface area contributed by atoms with Crippen LogP contribution in [0.2, 0.25) is 0 Å². The van der Waals surface area contributed by atoms with Gasteiger partial charge in [-0.2, -0.15) is 0 Å². The van der Waals surface area contributed by atoms with Crippen LogP contribution in [-0.4, -0.2) is 25.1 Å². The Morgan fingerprint density at radius 1 is 1.25 bits per heavy atom. The molecule has 1 aromatic carbocycles. The van der Waals surface area contributed by atoms with Crippen molar-refractivity contribution in [2.45, 2.75) is 46.1 Å². The van der Waals surface area contributed by atoms with Gasteiger partial charge >= 0.3 is 0 Å². The number of amides is 1. The van der Waals surface area contributed by atoms with Crippen molar-refractivity contribution in [3.05, 3.63) is 24.3 Å². The van der Waals surface area contributed by atoms with Crippen LogP contribution in [0.3, 0.4) is 0 Å². The number of anilines is 1. The van der Waals surface area contributed by atoms with Crippen molar-refractivity contribution in [1.29, 1.82) is 0 Å². The Hall–Kier alpha value is -1.71. The van der Waals surface area contributed by atoms with Crippen LogP contribution < -0.4 is 15.4 Å². The number of para-hydroxylation sites is 2. The molecule has 1 amide bonds. The third-order valence-corrected chi connectivity index (χ3v) is 3.03. The molecule has 1 aromatic rings. The van der Waals surface area contributed by atoms with Gasteiger partial charge in [-0.05, 0) is 32.4 Å². The highest BCUT2D eigenvalue weighted by molar-refractivity contribution is 5.84. The van der Waals surface area contributed by atoms with E-state index in [-0.39, 0.29) is 11.9 Å². The zero-order chi connectivity index (χ0) is 14.8. The lowest BCUT2D eigenvalue weighted by Crippen LogP contribution is -2.38. The molecule has 0 aliphatic carbocycles. The average Bonchev–Trinajstić information content (AvgIpc) is 2.45. The van der Waals surface area contributed by atoms with Crippen molar-refractivity contribution in [1.82, 2.24) is 5.32 Å². The van der Waals surface area contributed by atoms with E-state index in [1.807, 2.05) is 38.1 Å². The van der Waals surface area contributed by atoms with Gasteiger partial charge in [0.05, 0.1) is 12.3 Å². The summed E-state index contributed by atoms with van der Waals surface area (Å²) in [7, 11) is 0. The van der Waals surface area contributed by atoms with Gasteiger partial charge in [-0.25, -0.2) is 0 Å². The fourth-order valence-electron chi connectivity index (χ4n) is 1.91. The first kappa shape index (κ1) is 16.3. The predicted octanol–water partition coefficient (Wildman–Crippen LogP) is 3.19. The van der Waals surface area contributed by atoms with Crippen LogP contribution in [0.15, 0.2) is 24.3 Å². The first-order valence-corrected chi connectivity index (χ1v) is 7.45. The number of benzene rings is 1. The summed E-state index contributed by atoms with van der Waals surface area (Å²) < 4.78 is 5.54. The minimum absolute atomic E-state index is 0.0207. The second-order valence-electron chi connectivity index (χ2n) is 4.79. The Bertz CT molecular complexity index is 407. The molecule has 0 spiro atoms. The van der Waals surface area contributed by atoms with Crippen LogP contribution in [0.4, 0.5) is 5.69 Å². The first-order valence-electron chi connectivity index (χ1n) is 7.45. The number of carbonyl (C=O) groups is 1. The molecule has 20 heavy (non-hydrogen) atoms. The van der Waals surface area contributed by atoms with E-state index in [0.717, 1.165) is 37.2 Å². The van der Waals surface area contributed by atoms with E-state index in [4.69, 9.17) is 4.74 Å². The van der Waals surface area contributed by atoms with Crippen LogP contribution in [0.25, 0.3) is 0 Å². The topological polar surface area (TPSA) is 50.4 Å². The summed E-state index contributed by atoms with van der Waals surface area (Å²) in [6.07, 6.45) is 3.34. The normalized spacial score (nSPS) is 11.8. The zero-order valence-corrected chi connectivity index (χ0v) is 12.7. The fourth-order valence-corrected chi connectivity index (χ4v) is 1.91. The van der Waals surface area contributed by atoms with E-state index in [2.05, 4.69) is 17.6 Å². The quantitative estimate of drug-likeness (QED) is 0.682. The molecular formula is C16H26N2O2. The molecule has 0 saturated carbocycles. The zero-order valence-electron chi connectivity index (χ0n) is 12.7. The predicted molar refractivity (Wildman–Crippen MR) is 83.2 cm³/mol. The molecular weight excluding hydrogens is 252 g/mol. The molecule has 112 valence electrons. The Balaban J connectivity index is 2.48. The first-order chi connectivity index (χ1) is 9.69. The smallest absolute Gasteiger partial charge is 0.242 e. The van der Waals surface area contributed by atoms with E-state index in [0.29, 0.717) is 6.61 Å². The Morgan fingerprint density at radius 2 is 2.00 bits per heavy atom. The number of hydrogen-bond acceptors (Lipinski definition) is 3. The molecule has 0 aliphatic rings. The lowest BCUT2D eigenvalue weighted by Gasteiger charge is -2.17. The van der Waals surface area contributed by atoms with Gasteiger partial charge in [0.1, 0.15) is 11.8 Å². The maximum Gasteiger partial charge on any atom is 0.242 e. The maximum absolute atomic E-state index is 12.0. The summed E-state index contributed by atoms with van der Waals surface area (Å²) in [5, 5.41) is 6.15. The molecule has 0 heterocycles. The van der Waals surface area contributed by atoms with Crippen LogP contribution in [0.1, 0.15) is 40.0 Å². The molecule has 4 nitrogen and oxygen atoms in total. The Labute approximate surface area is 121 Å². The van der Waals surface area contributed by atoms with Gasteiger partial charge in [0, 0.05) is 6.54 Å². The number of rotatable bonds is 9. The van der Waals surface area contributed by atoms with Crippen molar-refractivity contribution in [3.63, 3.8) is 0 Å². The second-order valence-corrected chi connectivity index (χ2v) is 4.79. The standard InChI is InChI=1S/C16H26N2O2/c1-4-6-9-12-17-16(19)13(3)18-14-10-7-8-11-15(14)20-5-2/h7-8,10-11,13,18H,4-6,9,12H2,1-3H3,(H,17,19). The van der Waals surface area contributed by atoms with E-state index in [9.17, 15) is 4.79 Å². The maximum atomic E-state index is 12.0. The van der Waals surface area contributed by atoms with E-state index in [1.165, 1.54) is 0 Å². The summed E-state index contributed by atoms with van der Waals surface area (Å²) >= 11 is 0. The summed E-state index contributed by atoms with van der Waals surface area (Å²) in [6, 6.07) is 7.39. The number of unbranched alkanes of at least 4 members (excludes halogenated alkanes) is 2. The lowest BCUT2D eigenvalue weighted by molar-refractivity contribution is -0.121. The van der Waals surface area contributed by atoms with E-state index >= 15 is 0 Å². The van der Waals surface area contributed by atoms with Gasteiger partial charge < -0.3 is 15.4 Å². The third kappa shape index (κ3) is 5.51. The van der Waals surface area contributed by atoms with Crippen LogP contribution in [-0.2, 0) is 4.79 Å². The molecule has 0 fully saturated rings. The SMILES string of the molecule is CCCCCNC(=O)C(C)Nc1ccccc1OCC. The van der Waals surface area contributed by atoms with Gasteiger partial charge in [0.2, 0.25) is 5.91 Å². The van der Waals surface area contributed by atoms with Crippen molar-refractivity contribution in [2.24, 2.45) is 0 Å². The molecule has 1 atom stereocenters. The number of carbonyl (C=O) groups excluding carboxylic acids is 1. The molecule has 4 heteroatoms. The number of hydrogen-bond donors (Lipinski definition) is 2. The number of ether oxygens (including phenoxy) is 1. The van der Waals surface area contributed by atoms with Gasteiger partial charge in [0.25, 0.3) is 0 Å².